The maximum Gasteiger partial charge on any atom is 0.300 e. The number of carbonyl (C=O) groups is 1. The van der Waals surface area contributed by atoms with Crippen LogP contribution in [0.4, 0.5) is 0 Å². The van der Waals surface area contributed by atoms with Gasteiger partial charge in [0.25, 0.3) is 5.97 Å². The predicted molar refractivity (Wildman–Crippen MR) is 40.7 cm³/mol. The van der Waals surface area contributed by atoms with Gasteiger partial charge in [0.05, 0.1) is 12.4 Å². The fraction of sp³-hybridized carbons (Fsp3) is 0.200. The van der Waals surface area contributed by atoms with Gasteiger partial charge in [-0.3, -0.25) is 4.79 Å². The van der Waals surface area contributed by atoms with Gasteiger partial charge in [-0.2, -0.15) is 0 Å². The second-order valence-corrected chi connectivity index (χ2v) is 1.51. The van der Waals surface area contributed by atoms with Crippen LogP contribution in [-0.4, -0.2) is 17.3 Å². The van der Waals surface area contributed by atoms with Crippen molar-refractivity contribution < 1.29 is 9.90 Å². The van der Waals surface area contributed by atoms with Gasteiger partial charge in [-0.1, -0.05) is 0 Å². The van der Waals surface area contributed by atoms with Crippen molar-refractivity contribution in [2.75, 3.05) is 0 Å². The number of rotatable bonds is 0. The van der Waals surface area contributed by atoms with Crippen molar-refractivity contribution in [3.63, 3.8) is 0 Å². The molecule has 0 aromatic rings. The molecule has 64 valence electrons. The molecule has 7 heteroatoms. The monoisotopic (exact) mass is 169 g/mol. The van der Waals surface area contributed by atoms with E-state index < -0.39 is 5.97 Å². The molecule has 1 rings (SSSR count). The van der Waals surface area contributed by atoms with Gasteiger partial charge in [0, 0.05) is 6.92 Å². The summed E-state index contributed by atoms with van der Waals surface area (Å²) in [6.07, 6.45) is 4.56. The number of carboxylic acid groups (broad SMARTS) is 1. The minimum atomic E-state index is -0.833. The first-order chi connectivity index (χ1) is 5.73. The van der Waals surface area contributed by atoms with E-state index >= 15 is 0 Å². The van der Waals surface area contributed by atoms with Crippen LogP contribution >= 0.6 is 0 Å². The Balaban J connectivity index is 0.000000261. The number of carboxylic acids is 1. The third-order valence-corrected chi connectivity index (χ3v) is 0.489. The molecule has 0 unspecified atom stereocenters. The zero-order valence-corrected chi connectivity index (χ0v) is 6.32. The second kappa shape index (κ2) is 7.19. The Morgan fingerprint density at radius 3 is 2.67 bits per heavy atom. The molecule has 0 saturated carbocycles. The summed E-state index contributed by atoms with van der Waals surface area (Å²) >= 11 is 0. The highest BCUT2D eigenvalue weighted by Crippen LogP contribution is 1.85. The number of hydrogen-bond acceptors (Lipinski definition) is 6. The Kier molecular flexibility index (Phi) is 6.04. The smallest absolute Gasteiger partial charge is 0.300 e. The molecule has 0 spiro atoms. The second-order valence-electron chi connectivity index (χ2n) is 1.51. The summed E-state index contributed by atoms with van der Waals surface area (Å²) in [5.74, 6) is -0.833. The lowest BCUT2D eigenvalue weighted by atomic mass is 10.7. The van der Waals surface area contributed by atoms with E-state index in [0.29, 0.717) is 0 Å². The van der Waals surface area contributed by atoms with Crippen LogP contribution in [0.25, 0.3) is 0 Å². The normalized spacial score (nSPS) is 12.8. The Labute approximate surface area is 68.2 Å². The Morgan fingerprint density at radius 2 is 2.00 bits per heavy atom. The fourth-order valence-electron chi connectivity index (χ4n) is 0.239. The van der Waals surface area contributed by atoms with Crippen molar-refractivity contribution >= 4 is 12.2 Å². The molecule has 0 atom stereocenters. The van der Waals surface area contributed by atoms with Crippen LogP contribution in [0.1, 0.15) is 6.92 Å². The minimum absolute atomic E-state index is 0.833. The lowest BCUT2D eigenvalue weighted by Crippen LogP contribution is -1.78. The number of hydrogen-bond donors (Lipinski definition) is 1. The van der Waals surface area contributed by atoms with Crippen molar-refractivity contribution in [3.8, 4) is 0 Å². The van der Waals surface area contributed by atoms with Gasteiger partial charge in [0.15, 0.2) is 0 Å². The number of nitrogens with zero attached hydrogens (tertiary/aromatic N) is 5. The van der Waals surface area contributed by atoms with Gasteiger partial charge < -0.3 is 5.11 Å². The van der Waals surface area contributed by atoms with Gasteiger partial charge in [-0.25, -0.2) is 0 Å². The molecule has 0 aromatic heterocycles. The molecule has 1 N–H and O–H groups in total. The summed E-state index contributed by atoms with van der Waals surface area (Å²) in [5.41, 5.74) is 0. The predicted octanol–water partition coefficient (Wildman–Crippen LogP) is 1.41. The molecule has 0 saturated heterocycles. The third-order valence-electron chi connectivity index (χ3n) is 0.489. The molecule has 0 aliphatic carbocycles. The molecule has 1 aliphatic heterocycles. The van der Waals surface area contributed by atoms with Crippen molar-refractivity contribution in [2.45, 2.75) is 6.92 Å². The molecule has 1 heterocycles. The first-order valence-electron chi connectivity index (χ1n) is 2.91. The van der Waals surface area contributed by atoms with E-state index in [1.807, 2.05) is 0 Å². The summed E-state index contributed by atoms with van der Waals surface area (Å²) in [4.78, 5) is 9.00. The average molecular weight is 169 g/mol. The zero-order valence-electron chi connectivity index (χ0n) is 6.32. The third kappa shape index (κ3) is 11.0. The van der Waals surface area contributed by atoms with Crippen LogP contribution in [0.5, 0.6) is 0 Å². The molecule has 0 aromatic carbocycles. The van der Waals surface area contributed by atoms with E-state index in [1.165, 1.54) is 12.4 Å². The van der Waals surface area contributed by atoms with Crippen molar-refractivity contribution in [1.29, 1.82) is 0 Å². The average Bonchev–Trinajstić information content (AvgIpc) is 1.82. The highest BCUT2D eigenvalue weighted by atomic mass is 16.4. The first-order valence-corrected chi connectivity index (χ1v) is 2.91. The molecule has 7 nitrogen and oxygen atoms in total. The summed E-state index contributed by atoms with van der Waals surface area (Å²) in [5, 5.41) is 23.9. The van der Waals surface area contributed by atoms with E-state index in [-0.39, 0.29) is 0 Å². The highest BCUT2D eigenvalue weighted by molar-refractivity contribution is 5.70. The maximum absolute atomic E-state index is 9.00. The van der Waals surface area contributed by atoms with Gasteiger partial charge in [0.1, 0.15) is 0 Å². The van der Waals surface area contributed by atoms with Gasteiger partial charge in [0.2, 0.25) is 0 Å². The lowest BCUT2D eigenvalue weighted by molar-refractivity contribution is -0.134. The summed E-state index contributed by atoms with van der Waals surface area (Å²) in [7, 11) is 0. The van der Waals surface area contributed by atoms with Crippen molar-refractivity contribution in [1.82, 2.24) is 0 Å². The standard InChI is InChI=1S/C3H3N5.C2H4O2/c1-2-4-6-8-7-5-3-1;1-2(3)4/h1-3H;1H3,(H,3,4). The van der Waals surface area contributed by atoms with E-state index in [9.17, 15) is 0 Å². The molecular formula is C5H7N5O2. The molecule has 12 heavy (non-hydrogen) atoms. The Morgan fingerprint density at radius 1 is 1.33 bits per heavy atom. The van der Waals surface area contributed by atoms with Crippen LogP contribution in [0.2, 0.25) is 0 Å². The van der Waals surface area contributed by atoms with Crippen LogP contribution in [0.3, 0.4) is 0 Å². The Bertz CT molecular complexity index is 182. The first kappa shape index (κ1) is 10.1. The van der Waals surface area contributed by atoms with E-state index in [0.717, 1.165) is 6.92 Å². The van der Waals surface area contributed by atoms with Crippen LogP contribution in [0.15, 0.2) is 38.2 Å². The SMILES string of the molecule is C1=CN=NN=NN=C1.CC(=O)O. The largest absolute Gasteiger partial charge is 0.481 e. The molecule has 0 radical (unpaired) electrons. The molecule has 0 amide bonds. The molecule has 0 fully saturated rings. The van der Waals surface area contributed by atoms with Crippen molar-refractivity contribution in [2.24, 2.45) is 25.9 Å². The van der Waals surface area contributed by atoms with Gasteiger partial charge in [-0.15, -0.1) is 10.2 Å². The van der Waals surface area contributed by atoms with Gasteiger partial charge >= 0.3 is 0 Å². The Hall–Kier alpha value is -1.92. The molecule has 1 aliphatic rings. The van der Waals surface area contributed by atoms with E-state index in [2.05, 4.69) is 25.9 Å². The number of allylic oxidation sites excluding steroid dienone is 1. The highest BCUT2D eigenvalue weighted by Gasteiger charge is 1.69. The summed E-state index contributed by atoms with van der Waals surface area (Å²) in [6.45, 7) is 1.08. The zero-order chi connectivity index (χ0) is 9.23. The topological polar surface area (TPSA) is 99.1 Å². The van der Waals surface area contributed by atoms with Crippen LogP contribution in [-0.2, 0) is 4.79 Å². The molecule has 0 bridgehead atoms. The van der Waals surface area contributed by atoms with E-state index in [1.54, 1.807) is 6.08 Å². The molecular weight excluding hydrogens is 162 g/mol. The summed E-state index contributed by atoms with van der Waals surface area (Å²) < 4.78 is 0. The van der Waals surface area contributed by atoms with Crippen molar-refractivity contribution in [3.05, 3.63) is 12.3 Å². The summed E-state index contributed by atoms with van der Waals surface area (Å²) in [6, 6.07) is 0. The van der Waals surface area contributed by atoms with Crippen LogP contribution in [0, 0.1) is 0 Å². The minimum Gasteiger partial charge on any atom is -0.481 e. The van der Waals surface area contributed by atoms with Crippen LogP contribution < -0.4 is 0 Å². The quantitative estimate of drug-likeness (QED) is 0.592. The lowest BCUT2D eigenvalue weighted by Gasteiger charge is -1.74. The maximum atomic E-state index is 9.00. The fourth-order valence-corrected chi connectivity index (χ4v) is 0.239. The number of aliphatic carboxylic acids is 1. The van der Waals surface area contributed by atoms with E-state index in [4.69, 9.17) is 9.90 Å². The van der Waals surface area contributed by atoms with Gasteiger partial charge in [-0.05, 0) is 21.7 Å².